The molecule has 0 saturated carbocycles. The second-order valence-electron chi connectivity index (χ2n) is 26.3. The zero-order chi connectivity index (χ0) is 71.9. The zero-order valence-electron chi connectivity index (χ0n) is 59.4. The molecule has 0 spiro atoms. The fraction of sp³-hybridized carbons (Fsp3) is 0.326. The molecule has 1 N–H and O–H groups in total. The van der Waals surface area contributed by atoms with Gasteiger partial charge < -0.3 is 37.6 Å². The van der Waals surface area contributed by atoms with Crippen LogP contribution in [0.2, 0.25) is 10.1 Å². The summed E-state index contributed by atoms with van der Waals surface area (Å²) in [5.74, 6) is -0.724. The molecule has 540 valence electrons. The quantitative estimate of drug-likeness (QED) is 0.0148. The van der Waals surface area contributed by atoms with Crippen LogP contribution in [0.3, 0.4) is 0 Å². The Morgan fingerprint density at radius 3 is 1.10 bits per heavy atom. The number of aliphatic hydroxyl groups is 1. The van der Waals surface area contributed by atoms with Gasteiger partial charge in [0.1, 0.15) is 29.3 Å². The van der Waals surface area contributed by atoms with Crippen LogP contribution in [-0.2, 0) is 36.3 Å². The first-order valence-corrected chi connectivity index (χ1v) is 37.9. The third-order valence-electron chi connectivity index (χ3n) is 17.0. The number of methoxy groups -OCH3 is 2. The van der Waals surface area contributed by atoms with E-state index in [1.807, 2.05) is 137 Å². The second-order valence-corrected chi connectivity index (χ2v) is 35.2. The van der Waals surface area contributed by atoms with E-state index in [1.54, 1.807) is 81.0 Å². The van der Waals surface area contributed by atoms with Crippen LogP contribution in [0, 0.1) is 11.8 Å². The maximum atomic E-state index is 16.2. The van der Waals surface area contributed by atoms with E-state index in [0.717, 1.165) is 33.0 Å². The average molecular weight is 1430 g/mol. The molecule has 15 heteroatoms. The number of esters is 1. The number of hydrogen-bond donors (Lipinski definition) is 1. The summed E-state index contributed by atoms with van der Waals surface area (Å²) in [6.45, 7) is 23.0. The van der Waals surface area contributed by atoms with Gasteiger partial charge in [0, 0.05) is 29.6 Å². The van der Waals surface area contributed by atoms with Gasteiger partial charge in [-0.3, -0.25) is 4.79 Å². The lowest BCUT2D eigenvalue weighted by Crippen LogP contribution is -2.67. The van der Waals surface area contributed by atoms with Crippen molar-refractivity contribution in [3.05, 3.63) is 301 Å². The predicted octanol–water partition coefficient (Wildman–Crippen LogP) is 19.1. The fourth-order valence-corrected chi connectivity index (χ4v) is 21.0. The Labute approximate surface area is 609 Å². The van der Waals surface area contributed by atoms with Crippen LogP contribution >= 0.6 is 11.6 Å². The molecular formula is C86H107ClF2O10Si2. The average Bonchev–Trinajstić information content (AvgIpc) is 0.751. The monoisotopic (exact) mass is 1430 g/mol. The molecule has 0 aliphatic heterocycles. The van der Waals surface area contributed by atoms with Crippen molar-refractivity contribution in [2.75, 3.05) is 27.4 Å². The van der Waals surface area contributed by atoms with Crippen LogP contribution < -0.4 is 30.2 Å². The van der Waals surface area contributed by atoms with Gasteiger partial charge in [-0.05, 0) is 135 Å². The summed E-state index contributed by atoms with van der Waals surface area (Å²) in [5, 5.41) is 14.3. The summed E-state index contributed by atoms with van der Waals surface area (Å²) in [6, 6.07) is 74.3. The number of halogens is 3. The van der Waals surface area contributed by atoms with Gasteiger partial charge in [-0.1, -0.05) is 283 Å². The topological polar surface area (TPSA) is 119 Å². The van der Waals surface area contributed by atoms with Crippen LogP contribution in [0.1, 0.15) is 129 Å². The van der Waals surface area contributed by atoms with Crippen molar-refractivity contribution in [2.24, 2.45) is 11.8 Å². The molecular weight excluding hydrogens is 1320 g/mol. The number of carbonyl (C=O) groups is 2. The van der Waals surface area contributed by atoms with Crippen molar-refractivity contribution in [2.45, 2.75) is 145 Å². The van der Waals surface area contributed by atoms with Crippen LogP contribution in [-0.4, -0.2) is 84.8 Å². The first-order valence-electron chi connectivity index (χ1n) is 33.7. The molecule has 0 aliphatic rings. The molecule has 8 aromatic carbocycles. The Kier molecular flexibility index (Phi) is 36.3. The zero-order valence-corrected chi connectivity index (χ0v) is 62.1. The van der Waals surface area contributed by atoms with Gasteiger partial charge in [0.15, 0.2) is 6.10 Å². The van der Waals surface area contributed by atoms with Crippen molar-refractivity contribution in [1.29, 1.82) is 0 Å². The number of benzene rings is 8. The third kappa shape index (κ3) is 25.7. The summed E-state index contributed by atoms with van der Waals surface area (Å²) < 4.78 is 73.1. The minimum atomic E-state index is -2.86. The highest BCUT2D eigenvalue weighted by Gasteiger charge is 2.52. The summed E-state index contributed by atoms with van der Waals surface area (Å²) >= 11 is 5.16. The molecule has 0 amide bonds. The van der Waals surface area contributed by atoms with E-state index in [4.69, 9.17) is 44.1 Å². The first kappa shape index (κ1) is 85.3. The molecule has 6 atom stereocenters. The lowest BCUT2D eigenvalue weighted by molar-refractivity contribution is 0.0413. The molecule has 0 saturated heterocycles. The standard InChI is InChI=1S/C42H49FO5Si.C35H45FO4Si.C7H5ClO.2CH4/c1-32(33(2)48-49(42(3,4)5,37-20-12-8-13-21-37)38-22-14-9-15-23-38)30-39(43)40(47-41(44)35-18-10-7-11-19-35)24-16-17-29-46-31-34-25-27-36(45-6)28-26-34;1-27(25-33(36)34(37)19-13-14-24-39-26-29-20-22-30(38-6)23-21-29)28(2)40-41(35(3,4)5,31-15-9-7-10-16-31)32-17-11-8-12-18-32;8-7(9)6-4-2-1-3-5-6;;/h7-16,18-28,30,32-33,40H,17,29,31H2,1-6H3;7-13,15-23,25,27-28,34,37H,14,24,26H2,1-6H3;1-5H;2*1H4/b24-16-,39-30+;19-13-,33-25+;;;/t32-,33-,40?;27-,28-,34?;;;/m00.../s1. The van der Waals surface area contributed by atoms with Crippen molar-refractivity contribution in [1.82, 2.24) is 0 Å². The largest absolute Gasteiger partial charge is 0.497 e. The van der Waals surface area contributed by atoms with Crippen molar-refractivity contribution in [3.8, 4) is 11.5 Å². The minimum absolute atomic E-state index is 0. The number of carbonyl (C=O) groups excluding carboxylic acids is 2. The van der Waals surface area contributed by atoms with Gasteiger partial charge >= 0.3 is 5.97 Å². The molecule has 0 bridgehead atoms. The van der Waals surface area contributed by atoms with E-state index in [1.165, 1.54) is 28.6 Å². The SMILES string of the molecule is C.C.COc1ccc(COCC/C=C\C(O)/C(F)=C\[C@H](C)[C@H](C)O[Si](c2ccccc2)(c2ccccc2)C(C)(C)C)cc1.COc1ccc(COCC/C=C\C(OC(=O)c2ccccc2)/C(F)=C\[C@H](C)[C@H](C)O[Si](c2ccccc2)(c2ccccc2)C(C)(C)C)cc1.O=C(Cl)c1ccccc1. The molecule has 0 aliphatic carbocycles. The van der Waals surface area contributed by atoms with Crippen LogP contribution in [0.5, 0.6) is 11.5 Å². The van der Waals surface area contributed by atoms with Crippen molar-refractivity contribution < 1.29 is 56.0 Å². The van der Waals surface area contributed by atoms with Gasteiger partial charge in [0.25, 0.3) is 21.9 Å². The molecule has 101 heavy (non-hydrogen) atoms. The highest BCUT2D eigenvalue weighted by molar-refractivity contribution is 7.00. The van der Waals surface area contributed by atoms with E-state index >= 15 is 8.78 Å². The Hall–Kier alpha value is -8.16. The van der Waals surface area contributed by atoms with Crippen LogP contribution in [0.4, 0.5) is 8.78 Å². The number of hydrogen-bond acceptors (Lipinski definition) is 10. The molecule has 0 fully saturated rings. The predicted molar refractivity (Wildman–Crippen MR) is 418 cm³/mol. The molecule has 0 aromatic heterocycles. The maximum Gasteiger partial charge on any atom is 0.339 e. The molecule has 8 rings (SSSR count). The normalized spacial score (nSPS) is 13.9. The maximum absolute atomic E-state index is 16.2. The van der Waals surface area contributed by atoms with E-state index in [0.29, 0.717) is 50.4 Å². The lowest BCUT2D eigenvalue weighted by Gasteiger charge is -2.45. The minimum Gasteiger partial charge on any atom is -0.497 e. The number of aliphatic hydroxyl groups excluding tert-OH is 1. The first-order chi connectivity index (χ1) is 47.4. The van der Waals surface area contributed by atoms with E-state index in [-0.39, 0.29) is 49.0 Å². The highest BCUT2D eigenvalue weighted by atomic mass is 35.5. The number of rotatable bonds is 31. The van der Waals surface area contributed by atoms with Crippen LogP contribution in [0.25, 0.3) is 0 Å². The number of ether oxygens (including phenoxy) is 5. The highest BCUT2D eigenvalue weighted by Crippen LogP contribution is 2.40. The van der Waals surface area contributed by atoms with Gasteiger partial charge in [-0.2, -0.15) is 0 Å². The Morgan fingerprint density at radius 1 is 0.465 bits per heavy atom. The summed E-state index contributed by atoms with van der Waals surface area (Å²) in [4.78, 5) is 23.4. The summed E-state index contributed by atoms with van der Waals surface area (Å²) in [5.41, 5.74) is 2.97. The van der Waals surface area contributed by atoms with Crippen molar-refractivity contribution >= 4 is 60.2 Å². The summed E-state index contributed by atoms with van der Waals surface area (Å²) in [6.07, 6.45) is 7.56. The van der Waals surface area contributed by atoms with Gasteiger partial charge in [0.2, 0.25) is 0 Å². The molecule has 2 unspecified atom stereocenters. The van der Waals surface area contributed by atoms with Gasteiger partial charge in [-0.25, -0.2) is 13.6 Å². The molecule has 0 heterocycles. The Morgan fingerprint density at radius 2 is 0.782 bits per heavy atom. The van der Waals surface area contributed by atoms with Crippen molar-refractivity contribution in [3.63, 3.8) is 0 Å². The lowest BCUT2D eigenvalue weighted by atomic mass is 10.0. The van der Waals surface area contributed by atoms with Gasteiger partial charge in [0.05, 0.1) is 46.2 Å². The van der Waals surface area contributed by atoms with E-state index in [9.17, 15) is 14.7 Å². The second kappa shape index (κ2) is 42.9. The summed E-state index contributed by atoms with van der Waals surface area (Å²) in [7, 11) is -2.36. The molecule has 8 aromatic rings. The van der Waals surface area contributed by atoms with E-state index in [2.05, 4.69) is 114 Å². The molecule has 10 nitrogen and oxygen atoms in total. The fourth-order valence-electron chi connectivity index (χ4n) is 11.3. The van der Waals surface area contributed by atoms with Crippen LogP contribution in [0.15, 0.2) is 279 Å². The Balaban J connectivity index is 0.000000377. The Bertz CT molecular complexity index is 3680. The van der Waals surface area contributed by atoms with E-state index < -0.39 is 51.7 Å². The smallest absolute Gasteiger partial charge is 0.339 e. The van der Waals surface area contributed by atoms with Gasteiger partial charge in [-0.15, -0.1) is 0 Å². The molecule has 0 radical (unpaired) electrons. The third-order valence-corrected chi connectivity index (χ3v) is 27.5.